The lowest BCUT2D eigenvalue weighted by Gasteiger charge is -2.09. The molecule has 0 bridgehead atoms. The summed E-state index contributed by atoms with van der Waals surface area (Å²) in [6, 6.07) is 8.12. The van der Waals surface area contributed by atoms with Crippen LogP contribution in [-0.4, -0.2) is 19.5 Å². The van der Waals surface area contributed by atoms with Crippen molar-refractivity contribution in [2.45, 2.75) is 12.9 Å². The molecule has 4 heteroatoms. The van der Waals surface area contributed by atoms with Crippen LogP contribution in [0.5, 0.6) is 0 Å². The quantitative estimate of drug-likeness (QED) is 0.737. The lowest BCUT2D eigenvalue weighted by atomic mass is 10.1. The monoisotopic (exact) mass is 226 g/mol. The highest BCUT2D eigenvalue weighted by atomic mass is 32.2. The molecule has 1 fully saturated rings. The lowest BCUT2D eigenvalue weighted by Crippen LogP contribution is -1.98. The van der Waals surface area contributed by atoms with Gasteiger partial charge in [0.2, 0.25) is 0 Å². The number of ether oxygens (including phenoxy) is 2. The Morgan fingerprint density at radius 1 is 1.27 bits per heavy atom. The molecule has 0 saturated carbocycles. The van der Waals surface area contributed by atoms with E-state index in [1.807, 2.05) is 30.5 Å². The second kappa shape index (κ2) is 5.51. The summed E-state index contributed by atoms with van der Waals surface area (Å²) in [6.07, 6.45) is 1.73. The minimum atomic E-state index is -0.180. The Bertz CT molecular complexity index is 293. The van der Waals surface area contributed by atoms with Crippen LogP contribution >= 0.6 is 12.0 Å². The predicted molar refractivity (Wildman–Crippen MR) is 59.4 cm³/mol. The summed E-state index contributed by atoms with van der Waals surface area (Å²) in [5.41, 5.74) is 2.23. The Morgan fingerprint density at radius 2 is 1.93 bits per heavy atom. The van der Waals surface area contributed by atoms with Crippen molar-refractivity contribution in [2.75, 3.05) is 19.5 Å². The Balaban J connectivity index is 1.96. The zero-order valence-corrected chi connectivity index (χ0v) is 9.46. The van der Waals surface area contributed by atoms with Crippen molar-refractivity contribution in [2.24, 2.45) is 0 Å². The maximum absolute atomic E-state index is 5.40. The molecule has 3 nitrogen and oxygen atoms in total. The van der Waals surface area contributed by atoms with E-state index in [9.17, 15) is 0 Å². The zero-order chi connectivity index (χ0) is 10.5. The van der Waals surface area contributed by atoms with Gasteiger partial charge in [-0.1, -0.05) is 24.3 Å². The van der Waals surface area contributed by atoms with E-state index in [-0.39, 0.29) is 6.29 Å². The van der Waals surface area contributed by atoms with Crippen LogP contribution in [-0.2, 0) is 20.3 Å². The van der Waals surface area contributed by atoms with Crippen molar-refractivity contribution in [3.05, 3.63) is 35.4 Å². The molecule has 0 atom stereocenters. The molecule has 0 radical (unpaired) electrons. The number of hydrogen-bond acceptors (Lipinski definition) is 4. The molecule has 1 heterocycles. The van der Waals surface area contributed by atoms with Gasteiger partial charge in [0.15, 0.2) is 6.29 Å². The number of benzene rings is 1. The van der Waals surface area contributed by atoms with Gasteiger partial charge in [0.25, 0.3) is 0 Å². The van der Waals surface area contributed by atoms with E-state index in [4.69, 9.17) is 13.7 Å². The SMILES string of the molecule is CSOCc1ccc(C2OCCO2)cc1. The summed E-state index contributed by atoms with van der Waals surface area (Å²) in [4.78, 5) is 0. The van der Waals surface area contributed by atoms with Gasteiger partial charge in [-0.3, -0.25) is 0 Å². The molecule has 15 heavy (non-hydrogen) atoms. The van der Waals surface area contributed by atoms with Gasteiger partial charge in [-0.05, 0) is 17.6 Å². The average molecular weight is 226 g/mol. The van der Waals surface area contributed by atoms with Crippen LogP contribution in [0, 0.1) is 0 Å². The van der Waals surface area contributed by atoms with Gasteiger partial charge in [0.1, 0.15) is 0 Å². The minimum Gasteiger partial charge on any atom is -0.346 e. The molecule has 0 N–H and O–H groups in total. The van der Waals surface area contributed by atoms with Crippen LogP contribution in [0.2, 0.25) is 0 Å². The highest BCUT2D eigenvalue weighted by Gasteiger charge is 2.17. The van der Waals surface area contributed by atoms with Crippen LogP contribution in [0.3, 0.4) is 0 Å². The topological polar surface area (TPSA) is 27.7 Å². The van der Waals surface area contributed by atoms with E-state index >= 15 is 0 Å². The first-order valence-corrected chi connectivity index (χ1v) is 6.03. The van der Waals surface area contributed by atoms with E-state index in [0.717, 1.165) is 11.1 Å². The summed E-state index contributed by atoms with van der Waals surface area (Å²) in [5.74, 6) is 0. The molecule has 1 aromatic rings. The Labute approximate surface area is 93.9 Å². The maximum atomic E-state index is 5.40. The first-order chi connectivity index (χ1) is 7.40. The molecule has 1 aliphatic heterocycles. The first-order valence-electron chi connectivity index (χ1n) is 4.88. The molecule has 0 spiro atoms. The van der Waals surface area contributed by atoms with Crippen LogP contribution in [0.15, 0.2) is 24.3 Å². The van der Waals surface area contributed by atoms with Gasteiger partial charge in [0, 0.05) is 11.8 Å². The van der Waals surface area contributed by atoms with E-state index in [1.54, 1.807) is 0 Å². The van der Waals surface area contributed by atoms with Crippen molar-refractivity contribution < 1.29 is 13.7 Å². The predicted octanol–water partition coefficient (Wildman–Crippen LogP) is 2.53. The number of hydrogen-bond donors (Lipinski definition) is 0. The molecule has 0 aliphatic carbocycles. The third-order valence-corrected chi connectivity index (χ3v) is 2.57. The third-order valence-electron chi connectivity index (χ3n) is 2.22. The van der Waals surface area contributed by atoms with Gasteiger partial charge < -0.3 is 13.7 Å². The van der Waals surface area contributed by atoms with Gasteiger partial charge in [0.05, 0.1) is 19.8 Å². The van der Waals surface area contributed by atoms with E-state index in [0.29, 0.717) is 19.8 Å². The summed E-state index contributed by atoms with van der Waals surface area (Å²) in [5, 5.41) is 0. The molecule has 1 aliphatic rings. The molecular weight excluding hydrogens is 212 g/mol. The smallest absolute Gasteiger partial charge is 0.184 e. The van der Waals surface area contributed by atoms with E-state index in [2.05, 4.69) is 0 Å². The van der Waals surface area contributed by atoms with E-state index < -0.39 is 0 Å². The fourth-order valence-electron chi connectivity index (χ4n) is 1.45. The van der Waals surface area contributed by atoms with Crippen molar-refractivity contribution in [3.8, 4) is 0 Å². The lowest BCUT2D eigenvalue weighted by molar-refractivity contribution is -0.0441. The third kappa shape index (κ3) is 2.95. The van der Waals surface area contributed by atoms with Crippen LogP contribution in [0.25, 0.3) is 0 Å². The fraction of sp³-hybridized carbons (Fsp3) is 0.455. The largest absolute Gasteiger partial charge is 0.346 e. The molecule has 1 saturated heterocycles. The maximum Gasteiger partial charge on any atom is 0.184 e. The highest BCUT2D eigenvalue weighted by Crippen LogP contribution is 2.23. The zero-order valence-electron chi connectivity index (χ0n) is 8.64. The van der Waals surface area contributed by atoms with Gasteiger partial charge in [-0.15, -0.1) is 0 Å². The van der Waals surface area contributed by atoms with E-state index in [1.165, 1.54) is 12.0 Å². The highest BCUT2D eigenvalue weighted by molar-refractivity contribution is 7.93. The molecule has 0 amide bonds. The van der Waals surface area contributed by atoms with Crippen molar-refractivity contribution in [1.82, 2.24) is 0 Å². The summed E-state index contributed by atoms with van der Waals surface area (Å²) in [6.45, 7) is 2.00. The van der Waals surface area contributed by atoms with Crippen LogP contribution in [0.1, 0.15) is 17.4 Å². The average Bonchev–Trinajstić information content (AvgIpc) is 2.80. The Morgan fingerprint density at radius 3 is 2.53 bits per heavy atom. The molecule has 82 valence electrons. The second-order valence-corrected chi connectivity index (χ2v) is 3.81. The van der Waals surface area contributed by atoms with Crippen LogP contribution in [0.4, 0.5) is 0 Å². The second-order valence-electron chi connectivity index (χ2n) is 3.24. The van der Waals surface area contributed by atoms with Gasteiger partial charge >= 0.3 is 0 Å². The van der Waals surface area contributed by atoms with Crippen LogP contribution < -0.4 is 0 Å². The Kier molecular flexibility index (Phi) is 4.02. The normalized spacial score (nSPS) is 17.1. The van der Waals surface area contributed by atoms with Crippen molar-refractivity contribution in [3.63, 3.8) is 0 Å². The standard InChI is InChI=1S/C11H14O3S/c1-15-14-8-9-2-4-10(5-3-9)11-12-6-7-13-11/h2-5,11H,6-8H2,1H3. The fourth-order valence-corrected chi connectivity index (χ4v) is 1.70. The first kappa shape index (κ1) is 11.0. The summed E-state index contributed by atoms with van der Waals surface area (Å²) in [7, 11) is 0. The summed E-state index contributed by atoms with van der Waals surface area (Å²) >= 11 is 1.38. The van der Waals surface area contributed by atoms with Crippen molar-refractivity contribution >= 4 is 12.0 Å². The molecule has 0 aromatic heterocycles. The Hall–Kier alpha value is -0.550. The van der Waals surface area contributed by atoms with Crippen molar-refractivity contribution in [1.29, 1.82) is 0 Å². The molecule has 0 unspecified atom stereocenters. The summed E-state index contributed by atoms with van der Waals surface area (Å²) < 4.78 is 16.0. The van der Waals surface area contributed by atoms with Gasteiger partial charge in [-0.25, -0.2) is 0 Å². The minimum absolute atomic E-state index is 0.180. The molecule has 2 rings (SSSR count). The molecular formula is C11H14O3S. The molecule has 1 aromatic carbocycles. The van der Waals surface area contributed by atoms with Gasteiger partial charge in [-0.2, -0.15) is 0 Å². The number of rotatable bonds is 4.